The second-order valence-electron chi connectivity index (χ2n) is 6.74. The van der Waals surface area contributed by atoms with Crippen LogP contribution in [-0.2, 0) is 10.9 Å². The molecule has 1 aromatic carbocycles. The molecule has 0 radical (unpaired) electrons. The molecule has 9 heteroatoms. The number of para-hydroxylation sites is 1. The number of halogens is 3. The van der Waals surface area contributed by atoms with Crippen molar-refractivity contribution >= 4 is 5.96 Å². The Morgan fingerprint density at radius 2 is 2.11 bits per heavy atom. The topological polar surface area (TPSA) is 75.1 Å². The molecule has 1 unspecified atom stereocenters. The van der Waals surface area contributed by atoms with Gasteiger partial charge in [0.25, 0.3) is 0 Å². The molecule has 158 valence electrons. The van der Waals surface area contributed by atoms with Crippen LogP contribution in [0.4, 0.5) is 13.2 Å². The smallest absolute Gasteiger partial charge is 0.419 e. The SMILES string of the molecule is CCNC(=NCC1(CCO)CCOC1)NCCOc1ccccc1C(F)(F)F. The summed E-state index contributed by atoms with van der Waals surface area (Å²) in [5.41, 5.74) is -0.957. The van der Waals surface area contributed by atoms with Gasteiger partial charge < -0.3 is 25.2 Å². The van der Waals surface area contributed by atoms with E-state index in [-0.39, 0.29) is 24.4 Å². The lowest BCUT2D eigenvalue weighted by Crippen LogP contribution is -2.40. The Balaban J connectivity index is 1.88. The third-order valence-corrected chi connectivity index (χ3v) is 4.59. The van der Waals surface area contributed by atoms with Crippen molar-refractivity contribution in [3.63, 3.8) is 0 Å². The quantitative estimate of drug-likeness (QED) is 0.336. The average Bonchev–Trinajstić information content (AvgIpc) is 3.12. The van der Waals surface area contributed by atoms with Crippen LogP contribution in [0, 0.1) is 5.41 Å². The Kier molecular flexibility index (Phi) is 8.37. The molecule has 2 rings (SSSR count). The monoisotopic (exact) mass is 403 g/mol. The van der Waals surface area contributed by atoms with E-state index in [1.54, 1.807) is 0 Å². The zero-order chi connectivity index (χ0) is 20.5. The molecular weight excluding hydrogens is 375 g/mol. The highest BCUT2D eigenvalue weighted by Crippen LogP contribution is 2.35. The number of guanidine groups is 1. The van der Waals surface area contributed by atoms with Gasteiger partial charge in [0, 0.05) is 25.2 Å². The fourth-order valence-corrected chi connectivity index (χ4v) is 3.03. The van der Waals surface area contributed by atoms with Crippen molar-refractivity contribution < 1.29 is 27.8 Å². The number of ether oxygens (including phenoxy) is 2. The zero-order valence-corrected chi connectivity index (χ0v) is 16.0. The van der Waals surface area contributed by atoms with Crippen molar-refractivity contribution in [2.45, 2.75) is 25.9 Å². The molecule has 1 heterocycles. The van der Waals surface area contributed by atoms with E-state index in [2.05, 4.69) is 15.6 Å². The van der Waals surface area contributed by atoms with Gasteiger partial charge in [-0.05, 0) is 31.9 Å². The van der Waals surface area contributed by atoms with Gasteiger partial charge in [-0.3, -0.25) is 4.99 Å². The number of hydrogen-bond donors (Lipinski definition) is 3. The van der Waals surface area contributed by atoms with Crippen LogP contribution in [-0.4, -0.2) is 57.1 Å². The minimum Gasteiger partial charge on any atom is -0.491 e. The average molecular weight is 403 g/mol. The minimum atomic E-state index is -4.45. The van der Waals surface area contributed by atoms with Crippen molar-refractivity contribution in [1.29, 1.82) is 0 Å². The first-order chi connectivity index (χ1) is 13.4. The maximum absolute atomic E-state index is 13.0. The first-order valence-electron chi connectivity index (χ1n) is 9.40. The number of hydrogen-bond acceptors (Lipinski definition) is 4. The second kappa shape index (κ2) is 10.5. The third-order valence-electron chi connectivity index (χ3n) is 4.59. The van der Waals surface area contributed by atoms with Crippen molar-refractivity contribution in [1.82, 2.24) is 10.6 Å². The molecule has 1 saturated heterocycles. The van der Waals surface area contributed by atoms with E-state index in [0.29, 0.717) is 45.2 Å². The molecule has 1 aliphatic rings. The Bertz CT molecular complexity index is 632. The summed E-state index contributed by atoms with van der Waals surface area (Å²) in [5.74, 6) is 0.364. The molecule has 1 aliphatic heterocycles. The van der Waals surface area contributed by atoms with Crippen LogP contribution in [0.5, 0.6) is 5.75 Å². The number of aliphatic hydroxyl groups is 1. The predicted octanol–water partition coefficient (Wildman–Crippen LogP) is 2.43. The first-order valence-corrected chi connectivity index (χ1v) is 9.40. The summed E-state index contributed by atoms with van der Waals surface area (Å²) in [7, 11) is 0. The summed E-state index contributed by atoms with van der Waals surface area (Å²) >= 11 is 0. The van der Waals surface area contributed by atoms with Crippen molar-refractivity contribution in [3.8, 4) is 5.75 Å². The molecule has 0 saturated carbocycles. The van der Waals surface area contributed by atoms with Crippen LogP contribution in [0.1, 0.15) is 25.3 Å². The number of aliphatic hydroxyl groups excluding tert-OH is 1. The van der Waals surface area contributed by atoms with Crippen LogP contribution in [0.25, 0.3) is 0 Å². The van der Waals surface area contributed by atoms with E-state index >= 15 is 0 Å². The van der Waals surface area contributed by atoms with Crippen molar-refractivity contribution in [2.24, 2.45) is 10.4 Å². The molecule has 0 bridgehead atoms. The standard InChI is InChI=1S/C19H28F3N3O3/c1-2-23-17(25-13-18(7-10-26)8-11-27-14-18)24-9-12-28-16-6-4-3-5-15(16)19(20,21)22/h3-6,26H,2,7-14H2,1H3,(H2,23,24,25). The van der Waals surface area contributed by atoms with E-state index < -0.39 is 11.7 Å². The summed E-state index contributed by atoms with van der Waals surface area (Å²) in [6, 6.07) is 5.14. The third kappa shape index (κ3) is 6.56. The lowest BCUT2D eigenvalue weighted by atomic mass is 9.84. The Labute approximate surface area is 163 Å². The molecule has 0 aliphatic carbocycles. The van der Waals surface area contributed by atoms with Crippen LogP contribution in [0.15, 0.2) is 29.3 Å². The van der Waals surface area contributed by atoms with Crippen LogP contribution in [0.2, 0.25) is 0 Å². The Morgan fingerprint density at radius 3 is 2.75 bits per heavy atom. The number of benzene rings is 1. The highest BCUT2D eigenvalue weighted by molar-refractivity contribution is 5.79. The van der Waals surface area contributed by atoms with E-state index in [1.807, 2.05) is 6.92 Å². The lowest BCUT2D eigenvalue weighted by Gasteiger charge is -2.24. The van der Waals surface area contributed by atoms with Crippen molar-refractivity contribution in [3.05, 3.63) is 29.8 Å². The van der Waals surface area contributed by atoms with Gasteiger partial charge in [-0.15, -0.1) is 0 Å². The van der Waals surface area contributed by atoms with Gasteiger partial charge in [-0.25, -0.2) is 0 Å². The lowest BCUT2D eigenvalue weighted by molar-refractivity contribution is -0.138. The van der Waals surface area contributed by atoms with E-state index in [4.69, 9.17) is 9.47 Å². The fraction of sp³-hybridized carbons (Fsp3) is 0.632. The molecule has 0 amide bonds. The molecule has 0 spiro atoms. The van der Waals surface area contributed by atoms with Crippen LogP contribution >= 0.6 is 0 Å². The number of rotatable bonds is 9. The zero-order valence-electron chi connectivity index (χ0n) is 16.0. The van der Waals surface area contributed by atoms with Gasteiger partial charge in [0.1, 0.15) is 12.4 Å². The first kappa shape index (κ1) is 22.3. The van der Waals surface area contributed by atoms with Crippen molar-refractivity contribution in [2.75, 3.05) is 46.1 Å². The molecule has 28 heavy (non-hydrogen) atoms. The number of nitrogens with zero attached hydrogens (tertiary/aromatic N) is 1. The summed E-state index contributed by atoms with van der Waals surface area (Å²) in [6.07, 6.45) is -2.99. The van der Waals surface area contributed by atoms with Gasteiger partial charge in [0.15, 0.2) is 5.96 Å². The summed E-state index contributed by atoms with van der Waals surface area (Å²) in [4.78, 5) is 4.56. The van der Waals surface area contributed by atoms with Gasteiger partial charge >= 0.3 is 6.18 Å². The summed E-state index contributed by atoms with van der Waals surface area (Å²) in [5, 5.41) is 15.5. The molecule has 6 nitrogen and oxygen atoms in total. The maximum atomic E-state index is 13.0. The van der Waals surface area contributed by atoms with Gasteiger partial charge in [-0.1, -0.05) is 12.1 Å². The van der Waals surface area contributed by atoms with Gasteiger partial charge in [-0.2, -0.15) is 13.2 Å². The van der Waals surface area contributed by atoms with E-state index in [9.17, 15) is 18.3 Å². The molecule has 1 fully saturated rings. The highest BCUT2D eigenvalue weighted by atomic mass is 19.4. The number of nitrogens with one attached hydrogen (secondary N) is 2. The summed E-state index contributed by atoms with van der Waals surface area (Å²) < 4.78 is 49.7. The Morgan fingerprint density at radius 1 is 1.32 bits per heavy atom. The maximum Gasteiger partial charge on any atom is 0.419 e. The summed E-state index contributed by atoms with van der Waals surface area (Å²) in [6.45, 7) is 4.72. The normalized spacial score (nSPS) is 20.2. The molecule has 1 atom stereocenters. The molecular formula is C19H28F3N3O3. The molecule has 0 aromatic heterocycles. The highest BCUT2D eigenvalue weighted by Gasteiger charge is 2.35. The second-order valence-corrected chi connectivity index (χ2v) is 6.74. The van der Waals surface area contributed by atoms with Gasteiger partial charge in [0.2, 0.25) is 0 Å². The minimum absolute atomic E-state index is 0.0579. The number of aliphatic imine (C=N–C) groups is 1. The molecule has 1 aromatic rings. The largest absolute Gasteiger partial charge is 0.491 e. The Hall–Kier alpha value is -2.00. The van der Waals surface area contributed by atoms with E-state index in [0.717, 1.165) is 12.5 Å². The molecule has 3 N–H and O–H groups in total. The predicted molar refractivity (Wildman–Crippen MR) is 100 cm³/mol. The van der Waals surface area contributed by atoms with Crippen LogP contribution in [0.3, 0.4) is 0 Å². The van der Waals surface area contributed by atoms with Crippen LogP contribution < -0.4 is 15.4 Å². The van der Waals surface area contributed by atoms with Gasteiger partial charge in [0.05, 0.1) is 25.3 Å². The number of alkyl halides is 3. The van der Waals surface area contributed by atoms with E-state index in [1.165, 1.54) is 18.2 Å². The fourth-order valence-electron chi connectivity index (χ4n) is 3.03.